The molecule has 5 nitrogen and oxygen atoms in total. The van der Waals surface area contributed by atoms with Gasteiger partial charge in [-0.2, -0.15) is 0 Å². The molecular weight excluding hydrogens is 312 g/mol. The first-order valence-electron chi connectivity index (χ1n) is 8.13. The Morgan fingerprint density at radius 1 is 1.30 bits per heavy atom. The number of sulfonamides is 1. The molecular formula is C17H28N2O3S. The zero-order valence-electron chi connectivity index (χ0n) is 14.5. The minimum Gasteiger partial charge on any atom is -0.497 e. The predicted molar refractivity (Wildman–Crippen MR) is 93.1 cm³/mol. The summed E-state index contributed by atoms with van der Waals surface area (Å²) in [4.78, 5) is 0. The maximum Gasteiger partial charge on any atom is 0.211 e. The summed E-state index contributed by atoms with van der Waals surface area (Å²) in [6.45, 7) is 6.49. The third kappa shape index (κ3) is 4.93. The molecule has 0 unspecified atom stereocenters. The van der Waals surface area contributed by atoms with E-state index in [1.807, 2.05) is 12.1 Å². The van der Waals surface area contributed by atoms with Crippen molar-refractivity contribution in [3.63, 3.8) is 0 Å². The van der Waals surface area contributed by atoms with Crippen LogP contribution in [0.5, 0.6) is 5.75 Å². The first-order chi connectivity index (χ1) is 10.8. The fourth-order valence-corrected chi connectivity index (χ4v) is 4.03. The first-order valence-corrected chi connectivity index (χ1v) is 9.98. The van der Waals surface area contributed by atoms with Gasteiger partial charge in [-0.05, 0) is 42.5 Å². The highest BCUT2D eigenvalue weighted by molar-refractivity contribution is 7.88. The van der Waals surface area contributed by atoms with Crippen LogP contribution in [0.3, 0.4) is 0 Å². The lowest BCUT2D eigenvalue weighted by atomic mass is 9.95. The Hall–Kier alpha value is -1.11. The third-order valence-electron chi connectivity index (χ3n) is 4.49. The molecule has 1 N–H and O–H groups in total. The Balaban J connectivity index is 1.95. The second-order valence-corrected chi connectivity index (χ2v) is 8.66. The summed E-state index contributed by atoms with van der Waals surface area (Å²) in [5, 5.41) is 3.62. The van der Waals surface area contributed by atoms with Gasteiger partial charge in [0.05, 0.1) is 13.4 Å². The second kappa shape index (κ2) is 7.64. The van der Waals surface area contributed by atoms with Crippen LogP contribution in [0, 0.1) is 11.8 Å². The smallest absolute Gasteiger partial charge is 0.211 e. The summed E-state index contributed by atoms with van der Waals surface area (Å²) < 4.78 is 30.0. The first kappa shape index (κ1) is 18.2. The highest BCUT2D eigenvalue weighted by atomic mass is 32.2. The van der Waals surface area contributed by atoms with E-state index in [1.54, 1.807) is 11.4 Å². The molecule has 0 bridgehead atoms. The molecule has 0 aromatic heterocycles. The van der Waals surface area contributed by atoms with Crippen molar-refractivity contribution < 1.29 is 13.2 Å². The van der Waals surface area contributed by atoms with E-state index in [9.17, 15) is 8.42 Å². The monoisotopic (exact) mass is 340 g/mol. The summed E-state index contributed by atoms with van der Waals surface area (Å²) >= 11 is 0. The molecule has 0 radical (unpaired) electrons. The van der Waals surface area contributed by atoms with Crippen LogP contribution in [0.1, 0.15) is 31.9 Å². The number of hydrogen-bond acceptors (Lipinski definition) is 4. The van der Waals surface area contributed by atoms with E-state index in [1.165, 1.54) is 11.8 Å². The van der Waals surface area contributed by atoms with Crippen LogP contribution in [0.15, 0.2) is 24.3 Å². The van der Waals surface area contributed by atoms with Gasteiger partial charge in [-0.1, -0.05) is 26.0 Å². The quantitative estimate of drug-likeness (QED) is 0.827. The summed E-state index contributed by atoms with van der Waals surface area (Å²) in [5.74, 6) is 1.69. The van der Waals surface area contributed by atoms with Crippen LogP contribution in [0.25, 0.3) is 0 Å². The van der Waals surface area contributed by atoms with Crippen LogP contribution < -0.4 is 10.1 Å². The highest BCUT2D eigenvalue weighted by Crippen LogP contribution is 2.25. The molecule has 130 valence electrons. The Morgan fingerprint density at radius 2 is 1.96 bits per heavy atom. The molecule has 1 aromatic carbocycles. The van der Waals surface area contributed by atoms with Crippen molar-refractivity contribution in [2.45, 2.75) is 26.3 Å². The van der Waals surface area contributed by atoms with Gasteiger partial charge in [-0.3, -0.25) is 0 Å². The predicted octanol–water partition coefficient (Wildman–Crippen LogP) is 2.26. The highest BCUT2D eigenvalue weighted by Gasteiger charge is 2.29. The average Bonchev–Trinajstić information content (AvgIpc) is 2.97. The number of nitrogens with zero attached hydrogens (tertiary/aromatic N) is 1. The van der Waals surface area contributed by atoms with E-state index in [4.69, 9.17) is 4.74 Å². The molecule has 1 aliphatic rings. The van der Waals surface area contributed by atoms with Gasteiger partial charge in [0.1, 0.15) is 5.75 Å². The number of methoxy groups -OCH3 is 1. The maximum atomic E-state index is 11.6. The van der Waals surface area contributed by atoms with Crippen molar-refractivity contribution in [3.05, 3.63) is 29.8 Å². The van der Waals surface area contributed by atoms with E-state index in [2.05, 4.69) is 31.3 Å². The number of nitrogens with one attached hydrogen (secondary N) is 1. The van der Waals surface area contributed by atoms with Crippen LogP contribution in [-0.2, 0) is 10.0 Å². The molecule has 1 aromatic rings. The summed E-state index contributed by atoms with van der Waals surface area (Å²) in [7, 11) is -1.39. The Morgan fingerprint density at radius 3 is 2.43 bits per heavy atom. The summed E-state index contributed by atoms with van der Waals surface area (Å²) in [6, 6.07) is 8.40. The minimum atomic E-state index is -3.06. The fraction of sp³-hybridized carbons (Fsp3) is 0.647. The van der Waals surface area contributed by atoms with Gasteiger partial charge < -0.3 is 10.1 Å². The standard InChI is InChI=1S/C17H28N2O3S/c1-13(2)17(15-5-7-16(22-3)8-6-15)18-11-14-9-10-19(12-14)23(4,20)21/h5-8,13-14,17-18H,9-12H2,1-4H3/t14-,17-/m1/s1. The van der Waals surface area contributed by atoms with Crippen molar-refractivity contribution in [1.82, 2.24) is 9.62 Å². The van der Waals surface area contributed by atoms with Gasteiger partial charge in [0, 0.05) is 19.1 Å². The van der Waals surface area contributed by atoms with E-state index >= 15 is 0 Å². The van der Waals surface area contributed by atoms with Crippen LogP contribution in [0.2, 0.25) is 0 Å². The molecule has 1 fully saturated rings. The minimum absolute atomic E-state index is 0.258. The number of benzene rings is 1. The van der Waals surface area contributed by atoms with Gasteiger partial charge in [0.25, 0.3) is 0 Å². The fourth-order valence-electron chi connectivity index (χ4n) is 3.11. The molecule has 6 heteroatoms. The molecule has 0 spiro atoms. The number of hydrogen-bond donors (Lipinski definition) is 1. The molecule has 1 heterocycles. The van der Waals surface area contributed by atoms with E-state index < -0.39 is 10.0 Å². The molecule has 1 saturated heterocycles. The van der Waals surface area contributed by atoms with Crippen molar-refractivity contribution in [2.24, 2.45) is 11.8 Å². The van der Waals surface area contributed by atoms with Crippen molar-refractivity contribution in [3.8, 4) is 5.75 Å². The molecule has 2 rings (SSSR count). The molecule has 0 amide bonds. The molecule has 0 saturated carbocycles. The summed E-state index contributed by atoms with van der Waals surface area (Å²) in [5.41, 5.74) is 1.23. The van der Waals surface area contributed by atoms with Crippen molar-refractivity contribution in [1.29, 1.82) is 0 Å². The molecule has 23 heavy (non-hydrogen) atoms. The molecule has 0 aliphatic carbocycles. The zero-order valence-corrected chi connectivity index (χ0v) is 15.3. The third-order valence-corrected chi connectivity index (χ3v) is 5.76. The lowest BCUT2D eigenvalue weighted by Crippen LogP contribution is -2.33. The second-order valence-electron chi connectivity index (χ2n) is 6.68. The lowest BCUT2D eigenvalue weighted by Gasteiger charge is -2.25. The van der Waals surface area contributed by atoms with Crippen LogP contribution >= 0.6 is 0 Å². The molecule has 2 atom stereocenters. The normalized spacial score (nSPS) is 20.8. The topological polar surface area (TPSA) is 58.6 Å². The van der Waals surface area contributed by atoms with Crippen LogP contribution in [0.4, 0.5) is 0 Å². The molecule has 1 aliphatic heterocycles. The Labute approximate surface area is 140 Å². The van der Waals surface area contributed by atoms with Crippen LogP contribution in [-0.4, -0.2) is 45.7 Å². The van der Waals surface area contributed by atoms with E-state index in [-0.39, 0.29) is 6.04 Å². The van der Waals surface area contributed by atoms with E-state index in [0.717, 1.165) is 18.7 Å². The van der Waals surface area contributed by atoms with Gasteiger partial charge in [-0.25, -0.2) is 12.7 Å². The number of ether oxygens (including phenoxy) is 1. The van der Waals surface area contributed by atoms with Gasteiger partial charge in [-0.15, -0.1) is 0 Å². The van der Waals surface area contributed by atoms with Crippen molar-refractivity contribution >= 4 is 10.0 Å². The van der Waals surface area contributed by atoms with Gasteiger partial charge >= 0.3 is 0 Å². The average molecular weight is 340 g/mol. The lowest BCUT2D eigenvalue weighted by molar-refractivity contribution is 0.369. The maximum absolute atomic E-state index is 11.6. The van der Waals surface area contributed by atoms with E-state index in [0.29, 0.717) is 24.9 Å². The summed E-state index contributed by atoms with van der Waals surface area (Å²) in [6.07, 6.45) is 2.21. The number of rotatable bonds is 7. The van der Waals surface area contributed by atoms with Gasteiger partial charge in [0.15, 0.2) is 0 Å². The Kier molecular flexibility index (Phi) is 6.06. The SMILES string of the molecule is COc1ccc([C@H](NC[C@H]2CCN(S(C)(=O)=O)C2)C(C)C)cc1. The largest absolute Gasteiger partial charge is 0.497 e. The zero-order chi connectivity index (χ0) is 17.0. The van der Waals surface area contributed by atoms with Crippen molar-refractivity contribution in [2.75, 3.05) is 33.0 Å². The Bertz CT molecular complexity index is 599. The van der Waals surface area contributed by atoms with Gasteiger partial charge in [0.2, 0.25) is 10.0 Å².